The van der Waals surface area contributed by atoms with Crippen LogP contribution in [0.4, 0.5) is 11.5 Å². The number of rotatable bonds is 5. The summed E-state index contributed by atoms with van der Waals surface area (Å²) < 4.78 is 0. The molecule has 0 aliphatic rings. The normalized spacial score (nSPS) is 9.94. The van der Waals surface area contributed by atoms with Crippen molar-refractivity contribution in [2.45, 2.75) is 20.8 Å². The molecule has 1 rings (SSSR count). The number of nitrogens with one attached hydrogen (secondary N) is 1. The van der Waals surface area contributed by atoms with E-state index in [1.165, 1.54) is 19.2 Å². The van der Waals surface area contributed by atoms with Crippen LogP contribution in [0.15, 0.2) is 12.3 Å². The van der Waals surface area contributed by atoms with Crippen molar-refractivity contribution in [2.75, 3.05) is 23.3 Å². The fourth-order valence-corrected chi connectivity index (χ4v) is 1.66. The first-order chi connectivity index (χ1) is 8.49. The second-order valence-corrected chi connectivity index (χ2v) is 3.75. The zero-order valence-electron chi connectivity index (χ0n) is 10.7. The molecule has 0 bridgehead atoms. The van der Waals surface area contributed by atoms with E-state index >= 15 is 0 Å². The number of aromatic carboxylic acids is 1. The minimum atomic E-state index is -1.06. The summed E-state index contributed by atoms with van der Waals surface area (Å²) >= 11 is 0. The first kappa shape index (κ1) is 14.0. The topological polar surface area (TPSA) is 82.5 Å². The largest absolute Gasteiger partial charge is 0.478 e. The van der Waals surface area contributed by atoms with Crippen LogP contribution in [0.2, 0.25) is 0 Å². The van der Waals surface area contributed by atoms with Gasteiger partial charge in [0.15, 0.2) is 0 Å². The van der Waals surface area contributed by atoms with Gasteiger partial charge in [-0.1, -0.05) is 0 Å². The predicted octanol–water partition coefficient (Wildman–Crippen LogP) is 1.58. The van der Waals surface area contributed by atoms with Gasteiger partial charge in [0.1, 0.15) is 11.4 Å². The number of carbonyl (C=O) groups excluding carboxylic acids is 1. The first-order valence-electron chi connectivity index (χ1n) is 5.75. The average molecular weight is 251 g/mol. The van der Waals surface area contributed by atoms with Crippen LogP contribution in [0.1, 0.15) is 31.1 Å². The highest BCUT2D eigenvalue weighted by Crippen LogP contribution is 2.21. The molecular formula is C12H17N3O3. The number of hydrogen-bond acceptors (Lipinski definition) is 4. The Morgan fingerprint density at radius 3 is 2.44 bits per heavy atom. The van der Waals surface area contributed by atoms with Crippen LogP contribution in [0.5, 0.6) is 0 Å². The lowest BCUT2D eigenvalue weighted by atomic mass is 10.2. The van der Waals surface area contributed by atoms with E-state index in [4.69, 9.17) is 0 Å². The molecule has 0 radical (unpaired) electrons. The van der Waals surface area contributed by atoms with Gasteiger partial charge in [0, 0.05) is 20.0 Å². The zero-order valence-corrected chi connectivity index (χ0v) is 10.7. The molecule has 1 heterocycles. The van der Waals surface area contributed by atoms with Crippen LogP contribution in [0.3, 0.4) is 0 Å². The molecule has 0 saturated heterocycles. The molecule has 2 N–H and O–H groups in total. The Kier molecular flexibility index (Phi) is 4.65. The van der Waals surface area contributed by atoms with Crippen LogP contribution in [0.25, 0.3) is 0 Å². The van der Waals surface area contributed by atoms with Crippen molar-refractivity contribution in [3.8, 4) is 0 Å². The lowest BCUT2D eigenvalue weighted by Gasteiger charge is -2.21. The second kappa shape index (κ2) is 6.00. The zero-order chi connectivity index (χ0) is 13.7. The van der Waals surface area contributed by atoms with Gasteiger partial charge in [0.05, 0.1) is 11.9 Å². The maximum atomic E-state index is 11.2. The van der Waals surface area contributed by atoms with E-state index in [0.717, 1.165) is 0 Å². The van der Waals surface area contributed by atoms with Crippen molar-refractivity contribution >= 4 is 23.4 Å². The van der Waals surface area contributed by atoms with Crippen LogP contribution >= 0.6 is 0 Å². The van der Waals surface area contributed by atoms with Crippen molar-refractivity contribution in [3.05, 3.63) is 17.8 Å². The number of amides is 1. The van der Waals surface area contributed by atoms with E-state index in [-0.39, 0.29) is 11.5 Å². The Balaban J connectivity index is 3.19. The average Bonchev–Trinajstić information content (AvgIpc) is 2.31. The lowest BCUT2D eigenvalue weighted by Crippen LogP contribution is -2.25. The third-order valence-corrected chi connectivity index (χ3v) is 2.48. The molecule has 1 aromatic heterocycles. The fraction of sp³-hybridized carbons (Fsp3) is 0.417. The number of aromatic nitrogens is 1. The molecule has 0 aliphatic heterocycles. The van der Waals surface area contributed by atoms with Crippen LogP contribution < -0.4 is 10.2 Å². The number of nitrogens with zero attached hydrogens (tertiary/aromatic N) is 2. The number of hydrogen-bond donors (Lipinski definition) is 2. The van der Waals surface area contributed by atoms with E-state index in [9.17, 15) is 14.7 Å². The standard InChI is InChI=1S/C12H17N3O3/c1-4-15(5-2)11-10(12(17)18)6-9(7-13-11)14-8(3)16/h6-7H,4-5H2,1-3H3,(H,14,16)(H,17,18). The summed E-state index contributed by atoms with van der Waals surface area (Å²) in [6, 6.07) is 1.42. The predicted molar refractivity (Wildman–Crippen MR) is 69.1 cm³/mol. The third-order valence-electron chi connectivity index (χ3n) is 2.48. The summed E-state index contributed by atoms with van der Waals surface area (Å²) in [5, 5.41) is 11.7. The summed E-state index contributed by atoms with van der Waals surface area (Å²) in [7, 11) is 0. The fourth-order valence-electron chi connectivity index (χ4n) is 1.66. The number of carboxylic acid groups (broad SMARTS) is 1. The highest BCUT2D eigenvalue weighted by molar-refractivity contribution is 5.96. The summed E-state index contributed by atoms with van der Waals surface area (Å²) in [5.41, 5.74) is 0.473. The SMILES string of the molecule is CCN(CC)c1ncc(NC(C)=O)cc1C(=O)O. The summed E-state index contributed by atoms with van der Waals surface area (Å²) in [4.78, 5) is 28.1. The molecule has 0 atom stereocenters. The summed E-state index contributed by atoms with van der Waals surface area (Å²) in [6.45, 7) is 6.56. The summed E-state index contributed by atoms with van der Waals surface area (Å²) in [6.07, 6.45) is 1.46. The maximum Gasteiger partial charge on any atom is 0.339 e. The minimum absolute atomic E-state index is 0.0879. The third kappa shape index (κ3) is 3.19. The number of pyridine rings is 1. The van der Waals surface area contributed by atoms with E-state index in [0.29, 0.717) is 24.6 Å². The van der Waals surface area contributed by atoms with E-state index in [1.54, 1.807) is 0 Å². The molecule has 98 valence electrons. The molecule has 0 spiro atoms. The van der Waals surface area contributed by atoms with Crippen LogP contribution in [0, 0.1) is 0 Å². The van der Waals surface area contributed by atoms with E-state index < -0.39 is 5.97 Å². The molecule has 0 saturated carbocycles. The molecule has 0 aromatic carbocycles. The smallest absolute Gasteiger partial charge is 0.339 e. The molecule has 0 aliphatic carbocycles. The Hall–Kier alpha value is -2.11. The van der Waals surface area contributed by atoms with Crippen molar-refractivity contribution in [1.29, 1.82) is 0 Å². The van der Waals surface area contributed by atoms with E-state index in [2.05, 4.69) is 10.3 Å². The second-order valence-electron chi connectivity index (χ2n) is 3.75. The molecule has 6 nitrogen and oxygen atoms in total. The molecule has 1 amide bonds. The molecule has 1 aromatic rings. The monoisotopic (exact) mass is 251 g/mol. The molecular weight excluding hydrogens is 234 g/mol. The maximum absolute atomic E-state index is 11.2. The van der Waals surface area contributed by atoms with Gasteiger partial charge in [0.25, 0.3) is 0 Å². The molecule has 0 unspecified atom stereocenters. The van der Waals surface area contributed by atoms with E-state index in [1.807, 2.05) is 18.7 Å². The Labute approximate surface area is 106 Å². The molecule has 18 heavy (non-hydrogen) atoms. The van der Waals surface area contributed by atoms with Gasteiger partial charge in [0.2, 0.25) is 5.91 Å². The van der Waals surface area contributed by atoms with Gasteiger partial charge in [-0.2, -0.15) is 0 Å². The Bertz CT molecular complexity index is 456. The van der Waals surface area contributed by atoms with Crippen molar-refractivity contribution in [2.24, 2.45) is 0 Å². The van der Waals surface area contributed by atoms with Crippen LogP contribution in [-0.2, 0) is 4.79 Å². The van der Waals surface area contributed by atoms with Crippen molar-refractivity contribution in [1.82, 2.24) is 4.98 Å². The summed E-state index contributed by atoms with van der Waals surface area (Å²) in [5.74, 6) is -0.901. The Morgan fingerprint density at radius 1 is 1.39 bits per heavy atom. The van der Waals surface area contributed by atoms with Gasteiger partial charge >= 0.3 is 5.97 Å². The highest BCUT2D eigenvalue weighted by Gasteiger charge is 2.16. The first-order valence-corrected chi connectivity index (χ1v) is 5.75. The van der Waals surface area contributed by atoms with Gasteiger partial charge in [-0.25, -0.2) is 9.78 Å². The number of carboxylic acids is 1. The molecule has 0 fully saturated rings. The molecule has 6 heteroatoms. The lowest BCUT2D eigenvalue weighted by molar-refractivity contribution is -0.114. The number of carbonyl (C=O) groups is 2. The minimum Gasteiger partial charge on any atom is -0.478 e. The number of anilines is 2. The van der Waals surface area contributed by atoms with Gasteiger partial charge in [-0.3, -0.25) is 4.79 Å². The van der Waals surface area contributed by atoms with Gasteiger partial charge in [-0.05, 0) is 19.9 Å². The van der Waals surface area contributed by atoms with Crippen molar-refractivity contribution in [3.63, 3.8) is 0 Å². The van der Waals surface area contributed by atoms with Gasteiger partial charge in [-0.15, -0.1) is 0 Å². The van der Waals surface area contributed by atoms with Crippen molar-refractivity contribution < 1.29 is 14.7 Å². The van der Waals surface area contributed by atoms with Gasteiger partial charge < -0.3 is 15.3 Å². The highest BCUT2D eigenvalue weighted by atomic mass is 16.4. The van der Waals surface area contributed by atoms with Crippen LogP contribution in [-0.4, -0.2) is 35.1 Å². The quantitative estimate of drug-likeness (QED) is 0.830. The Morgan fingerprint density at radius 2 is 2.00 bits per heavy atom.